The maximum atomic E-state index is 12.3. The highest BCUT2D eigenvalue weighted by atomic mass is 19.3. The van der Waals surface area contributed by atoms with Crippen molar-refractivity contribution < 1.29 is 28.2 Å². The van der Waals surface area contributed by atoms with Crippen LogP contribution in [0, 0.1) is 0 Å². The van der Waals surface area contributed by atoms with Gasteiger partial charge in [0.25, 0.3) is 5.91 Å². The van der Waals surface area contributed by atoms with Crippen LogP contribution in [0.5, 0.6) is 11.5 Å². The first-order chi connectivity index (χ1) is 9.10. The summed E-state index contributed by atoms with van der Waals surface area (Å²) in [6.45, 7) is -2.89. The standard InChI is InChI=1S/C12H15F2NO4/c1-18-9-5-2-4-8(10(9)19-12(13)14)11(17)15-6-3-7-16/h2,4-5,12,16H,3,6-7H2,1H3,(H,15,17). The van der Waals surface area contributed by atoms with Crippen molar-refractivity contribution in [3.05, 3.63) is 23.8 Å². The third-order valence-corrected chi connectivity index (χ3v) is 2.27. The molecule has 0 bridgehead atoms. The quantitative estimate of drug-likeness (QED) is 0.738. The molecule has 0 aliphatic carbocycles. The van der Waals surface area contributed by atoms with E-state index in [0.29, 0.717) is 6.42 Å². The van der Waals surface area contributed by atoms with E-state index < -0.39 is 12.5 Å². The molecule has 0 aliphatic heterocycles. The molecule has 0 fully saturated rings. The zero-order valence-corrected chi connectivity index (χ0v) is 10.4. The number of aliphatic hydroxyl groups is 1. The number of amides is 1. The van der Waals surface area contributed by atoms with E-state index in [1.54, 1.807) is 0 Å². The van der Waals surface area contributed by atoms with Gasteiger partial charge in [0, 0.05) is 13.2 Å². The van der Waals surface area contributed by atoms with Gasteiger partial charge in [0.05, 0.1) is 12.7 Å². The summed E-state index contributed by atoms with van der Waals surface area (Å²) in [6.07, 6.45) is 0.376. The molecule has 7 heteroatoms. The predicted octanol–water partition coefficient (Wildman–Crippen LogP) is 1.41. The fraction of sp³-hybridized carbons (Fsp3) is 0.417. The Balaban J connectivity index is 2.94. The molecular weight excluding hydrogens is 260 g/mol. The molecule has 19 heavy (non-hydrogen) atoms. The van der Waals surface area contributed by atoms with E-state index in [2.05, 4.69) is 10.1 Å². The highest BCUT2D eigenvalue weighted by Gasteiger charge is 2.19. The van der Waals surface area contributed by atoms with E-state index in [-0.39, 0.29) is 30.2 Å². The van der Waals surface area contributed by atoms with Gasteiger partial charge >= 0.3 is 6.61 Å². The van der Waals surface area contributed by atoms with Crippen LogP contribution in [0.2, 0.25) is 0 Å². The summed E-state index contributed by atoms with van der Waals surface area (Å²) in [7, 11) is 1.29. The van der Waals surface area contributed by atoms with E-state index in [1.807, 2.05) is 0 Å². The number of rotatable bonds is 7. The first kappa shape index (κ1) is 15.2. The molecule has 106 valence electrons. The third-order valence-electron chi connectivity index (χ3n) is 2.27. The molecule has 2 N–H and O–H groups in total. The topological polar surface area (TPSA) is 67.8 Å². The summed E-state index contributed by atoms with van der Waals surface area (Å²) in [5, 5.41) is 11.1. The average Bonchev–Trinajstić information content (AvgIpc) is 2.38. The van der Waals surface area contributed by atoms with Gasteiger partial charge in [-0.3, -0.25) is 4.79 Å². The maximum absolute atomic E-state index is 12.3. The van der Waals surface area contributed by atoms with Crippen molar-refractivity contribution in [1.29, 1.82) is 0 Å². The van der Waals surface area contributed by atoms with Crippen LogP contribution in [0.15, 0.2) is 18.2 Å². The number of carbonyl (C=O) groups excluding carboxylic acids is 1. The number of benzene rings is 1. The molecule has 0 saturated carbocycles. The largest absolute Gasteiger partial charge is 0.493 e. The highest BCUT2D eigenvalue weighted by Crippen LogP contribution is 2.32. The van der Waals surface area contributed by atoms with Crippen molar-refractivity contribution in [3.63, 3.8) is 0 Å². The van der Waals surface area contributed by atoms with Crippen LogP contribution in [-0.2, 0) is 0 Å². The summed E-state index contributed by atoms with van der Waals surface area (Å²) < 4.78 is 33.9. The minimum Gasteiger partial charge on any atom is -0.493 e. The lowest BCUT2D eigenvalue weighted by atomic mass is 10.1. The molecule has 0 spiro atoms. The van der Waals surface area contributed by atoms with Crippen LogP contribution < -0.4 is 14.8 Å². The van der Waals surface area contributed by atoms with Gasteiger partial charge in [-0.2, -0.15) is 8.78 Å². The number of alkyl halides is 2. The normalized spacial score (nSPS) is 10.4. The number of hydrogen-bond donors (Lipinski definition) is 2. The minimum absolute atomic E-state index is 0.0439. The molecular formula is C12H15F2NO4. The molecule has 1 aromatic rings. The van der Waals surface area contributed by atoms with Gasteiger partial charge in [-0.25, -0.2) is 0 Å². The third kappa shape index (κ3) is 4.36. The Morgan fingerprint density at radius 2 is 2.21 bits per heavy atom. The Morgan fingerprint density at radius 1 is 1.47 bits per heavy atom. The number of carbonyl (C=O) groups is 1. The molecule has 5 nitrogen and oxygen atoms in total. The summed E-state index contributed by atoms with van der Waals surface area (Å²) in [5.41, 5.74) is -0.0439. The van der Waals surface area contributed by atoms with E-state index in [0.717, 1.165) is 0 Å². The first-order valence-electron chi connectivity index (χ1n) is 5.61. The SMILES string of the molecule is COc1cccc(C(=O)NCCCO)c1OC(F)F. The van der Waals surface area contributed by atoms with Crippen molar-refractivity contribution in [2.75, 3.05) is 20.3 Å². The van der Waals surface area contributed by atoms with Crippen LogP contribution in [0.4, 0.5) is 8.78 Å². The van der Waals surface area contributed by atoms with Gasteiger partial charge in [0.2, 0.25) is 0 Å². The summed E-state index contributed by atoms with van der Waals surface area (Å²) >= 11 is 0. The van der Waals surface area contributed by atoms with Gasteiger partial charge in [-0.15, -0.1) is 0 Å². The molecule has 1 aromatic carbocycles. The predicted molar refractivity (Wildman–Crippen MR) is 63.7 cm³/mol. The van der Waals surface area contributed by atoms with Crippen molar-refractivity contribution in [1.82, 2.24) is 5.32 Å². The van der Waals surface area contributed by atoms with Crippen molar-refractivity contribution >= 4 is 5.91 Å². The van der Waals surface area contributed by atoms with Crippen molar-refractivity contribution in [2.45, 2.75) is 13.0 Å². The average molecular weight is 275 g/mol. The molecule has 0 aliphatic rings. The molecule has 0 atom stereocenters. The lowest BCUT2D eigenvalue weighted by molar-refractivity contribution is -0.0515. The fourth-order valence-electron chi connectivity index (χ4n) is 1.44. The lowest BCUT2D eigenvalue weighted by Gasteiger charge is -2.14. The van der Waals surface area contributed by atoms with Crippen LogP contribution >= 0.6 is 0 Å². The Kier molecular flexibility index (Phi) is 6.01. The van der Waals surface area contributed by atoms with E-state index >= 15 is 0 Å². The van der Waals surface area contributed by atoms with Crippen LogP contribution in [0.1, 0.15) is 16.8 Å². The zero-order valence-electron chi connectivity index (χ0n) is 10.4. The number of aliphatic hydroxyl groups excluding tert-OH is 1. The van der Waals surface area contributed by atoms with Gasteiger partial charge in [0.1, 0.15) is 0 Å². The maximum Gasteiger partial charge on any atom is 0.387 e. The highest BCUT2D eigenvalue weighted by molar-refractivity contribution is 5.97. The molecule has 1 rings (SSSR count). The summed E-state index contributed by atoms with van der Waals surface area (Å²) in [5.74, 6) is -0.820. The van der Waals surface area contributed by atoms with Gasteiger partial charge in [-0.05, 0) is 18.6 Å². The molecule has 1 amide bonds. The monoisotopic (exact) mass is 275 g/mol. The first-order valence-corrected chi connectivity index (χ1v) is 5.61. The second-order valence-corrected chi connectivity index (χ2v) is 3.55. The van der Waals surface area contributed by atoms with E-state index in [1.165, 1.54) is 25.3 Å². The zero-order chi connectivity index (χ0) is 14.3. The second-order valence-electron chi connectivity index (χ2n) is 3.55. The number of halogens is 2. The Bertz CT molecular complexity index is 426. The van der Waals surface area contributed by atoms with Crippen LogP contribution in [-0.4, -0.2) is 37.9 Å². The molecule has 0 heterocycles. The number of hydrogen-bond acceptors (Lipinski definition) is 4. The van der Waals surface area contributed by atoms with E-state index in [4.69, 9.17) is 9.84 Å². The number of ether oxygens (including phenoxy) is 2. The van der Waals surface area contributed by atoms with Crippen molar-refractivity contribution in [2.24, 2.45) is 0 Å². The van der Waals surface area contributed by atoms with Gasteiger partial charge < -0.3 is 19.9 Å². The second kappa shape index (κ2) is 7.52. The lowest BCUT2D eigenvalue weighted by Crippen LogP contribution is -2.26. The molecule has 0 unspecified atom stereocenters. The van der Waals surface area contributed by atoms with Gasteiger partial charge in [-0.1, -0.05) is 6.07 Å². The Labute approximate surface area is 109 Å². The van der Waals surface area contributed by atoms with Gasteiger partial charge in [0.15, 0.2) is 11.5 Å². The van der Waals surface area contributed by atoms with E-state index in [9.17, 15) is 13.6 Å². The van der Waals surface area contributed by atoms with Crippen LogP contribution in [0.25, 0.3) is 0 Å². The molecule has 0 aromatic heterocycles. The number of methoxy groups -OCH3 is 1. The summed E-state index contributed by atoms with van der Waals surface area (Å²) in [6, 6.07) is 4.27. The number of nitrogens with one attached hydrogen (secondary N) is 1. The number of para-hydroxylation sites is 1. The minimum atomic E-state index is -3.06. The Hall–Kier alpha value is -1.89. The molecule has 0 radical (unpaired) electrons. The molecule has 0 saturated heterocycles. The van der Waals surface area contributed by atoms with Crippen LogP contribution in [0.3, 0.4) is 0 Å². The smallest absolute Gasteiger partial charge is 0.387 e. The fourth-order valence-corrected chi connectivity index (χ4v) is 1.44. The van der Waals surface area contributed by atoms with Crippen molar-refractivity contribution in [3.8, 4) is 11.5 Å². The summed E-state index contributed by atoms with van der Waals surface area (Å²) in [4.78, 5) is 11.8. The Morgan fingerprint density at radius 3 is 2.79 bits per heavy atom.